The molecule has 45 heavy (non-hydrogen) atoms. The third kappa shape index (κ3) is 13.5. The molecule has 0 aromatic heterocycles. The Morgan fingerprint density at radius 3 is 2.51 bits per heavy atom. The number of halogens is 3. The van der Waals surface area contributed by atoms with Crippen LogP contribution in [0.15, 0.2) is 18.2 Å². The normalized spacial score (nSPS) is 21.0. The third-order valence-corrected chi connectivity index (χ3v) is 7.85. The summed E-state index contributed by atoms with van der Waals surface area (Å²) in [5, 5.41) is 12.5. The van der Waals surface area contributed by atoms with Crippen LogP contribution in [0.4, 0.5) is 18.9 Å². The highest BCUT2D eigenvalue weighted by atomic mass is 19.4. The maximum atomic E-state index is 14.1. The first-order valence-electron chi connectivity index (χ1n) is 15.7. The van der Waals surface area contributed by atoms with Gasteiger partial charge in [-0.25, -0.2) is 0 Å². The molecular weight excluding hydrogens is 593 g/mol. The Kier molecular flexibility index (Phi) is 15.6. The van der Waals surface area contributed by atoms with Gasteiger partial charge in [-0.15, -0.1) is 0 Å². The number of nitrogens with zero attached hydrogens (tertiary/aromatic N) is 3. The number of rotatable bonds is 11. The summed E-state index contributed by atoms with van der Waals surface area (Å²) in [5.74, 6) is -1.26. The molecule has 0 saturated heterocycles. The lowest BCUT2D eigenvalue weighted by Crippen LogP contribution is -2.48. The van der Waals surface area contributed by atoms with E-state index in [0.29, 0.717) is 26.0 Å². The molecule has 1 aliphatic rings. The Morgan fingerprint density at radius 2 is 1.87 bits per heavy atom. The minimum Gasteiger partial charge on any atom is -0.490 e. The van der Waals surface area contributed by atoms with Crippen molar-refractivity contribution < 1.29 is 42.1 Å². The minimum atomic E-state index is -4.47. The van der Waals surface area contributed by atoms with E-state index in [1.165, 1.54) is 23.1 Å². The summed E-state index contributed by atoms with van der Waals surface area (Å²) >= 11 is 0. The van der Waals surface area contributed by atoms with Crippen LogP contribution in [0.5, 0.6) is 5.75 Å². The zero-order valence-electron chi connectivity index (χ0n) is 27.5. The summed E-state index contributed by atoms with van der Waals surface area (Å²) in [5.41, 5.74) is 0.276. The van der Waals surface area contributed by atoms with Crippen molar-refractivity contribution in [3.05, 3.63) is 23.8 Å². The van der Waals surface area contributed by atoms with Crippen molar-refractivity contribution in [2.45, 2.75) is 90.1 Å². The zero-order chi connectivity index (χ0) is 33.7. The van der Waals surface area contributed by atoms with Gasteiger partial charge < -0.3 is 34.6 Å². The number of carbonyl (C=O) groups excluding carboxylic acids is 3. The molecule has 0 aliphatic carbocycles. The van der Waals surface area contributed by atoms with Gasteiger partial charge in [-0.1, -0.05) is 6.92 Å². The summed E-state index contributed by atoms with van der Waals surface area (Å²) < 4.78 is 50.4. The van der Waals surface area contributed by atoms with Crippen LogP contribution in [0.2, 0.25) is 0 Å². The number of anilines is 1. The van der Waals surface area contributed by atoms with Crippen molar-refractivity contribution in [2.75, 3.05) is 59.3 Å². The highest BCUT2D eigenvalue weighted by Crippen LogP contribution is 2.29. The number of hydrogen-bond donors (Lipinski definition) is 2. The fourth-order valence-corrected chi connectivity index (χ4v) is 5.05. The van der Waals surface area contributed by atoms with Gasteiger partial charge in [-0.05, 0) is 78.4 Å². The third-order valence-electron chi connectivity index (χ3n) is 7.85. The van der Waals surface area contributed by atoms with Crippen LogP contribution in [-0.4, -0.2) is 116 Å². The van der Waals surface area contributed by atoms with Crippen LogP contribution in [0, 0.1) is 5.92 Å². The van der Waals surface area contributed by atoms with E-state index in [1.54, 1.807) is 18.9 Å². The Morgan fingerprint density at radius 1 is 1.16 bits per heavy atom. The Labute approximate surface area is 265 Å². The van der Waals surface area contributed by atoms with E-state index >= 15 is 0 Å². The number of nitrogens with one attached hydrogen (secondary N) is 1. The SMILES string of the molecule is C[C@H](CO)N1C[C@H](C)[C@H](CN(C)C(=O)CCCN(C)C)OCCCC[C@H](C)Oc2ccc(NC(=O)CCC(F)(F)F)cc2C1=O. The lowest BCUT2D eigenvalue weighted by atomic mass is 10.0. The number of alkyl halides is 3. The fraction of sp³-hybridized carbons (Fsp3) is 0.719. The first-order chi connectivity index (χ1) is 21.1. The Balaban J connectivity index is 2.37. The van der Waals surface area contributed by atoms with E-state index in [9.17, 15) is 32.7 Å². The molecule has 0 bridgehead atoms. The second-order valence-electron chi connectivity index (χ2n) is 12.4. The lowest BCUT2D eigenvalue weighted by Gasteiger charge is -2.36. The van der Waals surface area contributed by atoms with Crippen LogP contribution in [0.1, 0.15) is 76.1 Å². The fourth-order valence-electron chi connectivity index (χ4n) is 5.05. The van der Waals surface area contributed by atoms with Crippen molar-refractivity contribution in [2.24, 2.45) is 5.92 Å². The van der Waals surface area contributed by atoms with E-state index in [0.717, 1.165) is 25.8 Å². The molecule has 256 valence electrons. The predicted molar refractivity (Wildman–Crippen MR) is 166 cm³/mol. The number of fused-ring (bicyclic) bond motifs is 1. The smallest absolute Gasteiger partial charge is 0.389 e. The molecule has 0 radical (unpaired) electrons. The molecule has 10 nitrogen and oxygen atoms in total. The molecule has 0 saturated carbocycles. The number of amides is 3. The largest absolute Gasteiger partial charge is 0.490 e. The minimum absolute atomic E-state index is 0.00780. The Bertz CT molecular complexity index is 1100. The van der Waals surface area contributed by atoms with Gasteiger partial charge in [0.2, 0.25) is 11.8 Å². The molecule has 0 fully saturated rings. The second-order valence-corrected chi connectivity index (χ2v) is 12.4. The molecule has 2 rings (SSSR count). The molecule has 0 unspecified atom stereocenters. The summed E-state index contributed by atoms with van der Waals surface area (Å²) in [4.78, 5) is 44.4. The van der Waals surface area contributed by atoms with Crippen molar-refractivity contribution in [3.63, 3.8) is 0 Å². The number of hydrogen-bond acceptors (Lipinski definition) is 7. The molecule has 13 heteroatoms. The lowest BCUT2D eigenvalue weighted by molar-refractivity contribution is -0.142. The standard InChI is InChI=1S/C32H51F3N4O6/c1-22-19-39(23(2)21-40)31(43)26-18-25(36-29(41)14-15-32(33,34)35)12-13-27(26)45-24(3)10-7-8-17-44-28(22)20-38(6)30(42)11-9-16-37(4)5/h12-13,18,22-24,28,40H,7-11,14-17,19-21H2,1-6H3,(H,36,41)/t22-,23+,24-,28-/m0/s1. The molecule has 2 N–H and O–H groups in total. The number of aliphatic hydroxyl groups excluding tert-OH is 1. The second kappa shape index (κ2) is 18.3. The molecule has 1 heterocycles. The van der Waals surface area contributed by atoms with Gasteiger partial charge >= 0.3 is 6.18 Å². The number of carbonyl (C=O) groups is 3. The molecule has 0 spiro atoms. The maximum absolute atomic E-state index is 14.1. The van der Waals surface area contributed by atoms with Crippen LogP contribution in [-0.2, 0) is 14.3 Å². The summed E-state index contributed by atoms with van der Waals surface area (Å²) in [6.45, 7) is 6.99. The Hall–Kier alpha value is -2.90. The van der Waals surface area contributed by atoms with Crippen molar-refractivity contribution in [1.82, 2.24) is 14.7 Å². The van der Waals surface area contributed by atoms with E-state index < -0.39 is 36.9 Å². The molecule has 1 aromatic carbocycles. The van der Waals surface area contributed by atoms with Gasteiger partial charge in [0.15, 0.2) is 0 Å². The first kappa shape index (κ1) is 38.3. The molecule has 1 aromatic rings. The van der Waals surface area contributed by atoms with E-state index in [4.69, 9.17) is 9.47 Å². The molecule has 1 aliphatic heterocycles. The highest BCUT2D eigenvalue weighted by molar-refractivity contribution is 5.99. The maximum Gasteiger partial charge on any atom is 0.389 e. The van der Waals surface area contributed by atoms with E-state index in [-0.39, 0.29) is 54.2 Å². The average molecular weight is 645 g/mol. The number of aliphatic hydroxyl groups is 1. The van der Waals surface area contributed by atoms with Crippen LogP contribution >= 0.6 is 0 Å². The topological polar surface area (TPSA) is 112 Å². The van der Waals surface area contributed by atoms with Crippen LogP contribution in [0.25, 0.3) is 0 Å². The molecular formula is C32H51F3N4O6. The van der Waals surface area contributed by atoms with Gasteiger partial charge in [-0.2, -0.15) is 13.2 Å². The molecule has 3 amide bonds. The average Bonchev–Trinajstić information content (AvgIpc) is 2.96. The number of ether oxygens (including phenoxy) is 2. The number of benzene rings is 1. The monoisotopic (exact) mass is 644 g/mol. The van der Waals surface area contributed by atoms with Crippen LogP contribution < -0.4 is 10.1 Å². The van der Waals surface area contributed by atoms with E-state index in [2.05, 4.69) is 5.32 Å². The van der Waals surface area contributed by atoms with Gasteiger partial charge in [0, 0.05) is 51.2 Å². The van der Waals surface area contributed by atoms with Gasteiger partial charge in [-0.3, -0.25) is 14.4 Å². The van der Waals surface area contributed by atoms with Crippen molar-refractivity contribution >= 4 is 23.4 Å². The van der Waals surface area contributed by atoms with Gasteiger partial charge in [0.25, 0.3) is 5.91 Å². The zero-order valence-corrected chi connectivity index (χ0v) is 27.5. The van der Waals surface area contributed by atoms with Crippen molar-refractivity contribution in [3.8, 4) is 5.75 Å². The van der Waals surface area contributed by atoms with Crippen molar-refractivity contribution in [1.29, 1.82) is 0 Å². The summed E-state index contributed by atoms with van der Waals surface area (Å²) in [6, 6.07) is 3.82. The quantitative estimate of drug-likeness (QED) is 0.363. The molecule has 4 atom stereocenters. The van der Waals surface area contributed by atoms with Gasteiger partial charge in [0.1, 0.15) is 5.75 Å². The summed E-state index contributed by atoms with van der Waals surface area (Å²) in [7, 11) is 5.67. The van der Waals surface area contributed by atoms with Gasteiger partial charge in [0.05, 0.1) is 36.8 Å². The van der Waals surface area contributed by atoms with Crippen LogP contribution in [0.3, 0.4) is 0 Å². The predicted octanol–water partition coefficient (Wildman–Crippen LogP) is 4.56. The number of likely N-dealkylation sites (N-methyl/N-ethyl adjacent to an activating group) is 1. The van der Waals surface area contributed by atoms with E-state index in [1.807, 2.05) is 32.8 Å². The highest BCUT2D eigenvalue weighted by Gasteiger charge is 2.31. The summed E-state index contributed by atoms with van der Waals surface area (Å²) in [6.07, 6.45) is -3.75. The first-order valence-corrected chi connectivity index (χ1v) is 15.7.